The maximum absolute atomic E-state index is 5.99. The molecule has 4 rings (SSSR count). The number of aromatic nitrogens is 3. The second-order valence-corrected chi connectivity index (χ2v) is 4.89. The predicted octanol–water partition coefficient (Wildman–Crippen LogP) is 3.53. The SMILES string of the molecule is Nc1ncc(-c2cccnc2)cc1-c1nc2ccccc2o1. The lowest BCUT2D eigenvalue weighted by molar-refractivity contribution is 0.620. The molecule has 0 spiro atoms. The standard InChI is InChI=1S/C17H12N4O/c18-16-13(17-21-14-5-1-2-6-15(14)22-17)8-12(10-20-16)11-4-3-7-19-9-11/h1-10H,(H2,18,20). The third kappa shape index (κ3) is 2.09. The minimum absolute atomic E-state index is 0.388. The lowest BCUT2D eigenvalue weighted by Gasteiger charge is -2.05. The number of benzene rings is 1. The van der Waals surface area contributed by atoms with E-state index in [1.54, 1.807) is 18.6 Å². The van der Waals surface area contributed by atoms with Crippen LogP contribution in [-0.2, 0) is 0 Å². The molecule has 0 aliphatic rings. The van der Waals surface area contributed by atoms with Crippen molar-refractivity contribution in [1.29, 1.82) is 0 Å². The van der Waals surface area contributed by atoms with Gasteiger partial charge in [-0.1, -0.05) is 18.2 Å². The summed E-state index contributed by atoms with van der Waals surface area (Å²) in [6.45, 7) is 0. The highest BCUT2D eigenvalue weighted by atomic mass is 16.3. The summed E-state index contributed by atoms with van der Waals surface area (Å²) < 4.78 is 5.78. The average molecular weight is 288 g/mol. The topological polar surface area (TPSA) is 77.8 Å². The zero-order valence-electron chi connectivity index (χ0n) is 11.6. The Morgan fingerprint density at radius 3 is 2.68 bits per heavy atom. The molecule has 5 heteroatoms. The van der Waals surface area contributed by atoms with E-state index in [0.29, 0.717) is 17.3 Å². The van der Waals surface area contributed by atoms with Crippen LogP contribution in [0.15, 0.2) is 65.5 Å². The zero-order valence-corrected chi connectivity index (χ0v) is 11.6. The van der Waals surface area contributed by atoms with Gasteiger partial charge in [0.05, 0.1) is 5.56 Å². The number of nitrogens with zero attached hydrogens (tertiary/aromatic N) is 3. The van der Waals surface area contributed by atoms with Crippen molar-refractivity contribution in [3.63, 3.8) is 0 Å². The first-order chi connectivity index (χ1) is 10.8. The van der Waals surface area contributed by atoms with E-state index in [4.69, 9.17) is 10.2 Å². The van der Waals surface area contributed by atoms with Gasteiger partial charge in [0.15, 0.2) is 5.58 Å². The van der Waals surface area contributed by atoms with E-state index in [1.807, 2.05) is 42.5 Å². The molecule has 0 saturated heterocycles. The van der Waals surface area contributed by atoms with Gasteiger partial charge in [-0.15, -0.1) is 0 Å². The van der Waals surface area contributed by atoms with Gasteiger partial charge >= 0.3 is 0 Å². The molecular weight excluding hydrogens is 276 g/mol. The van der Waals surface area contributed by atoms with Crippen molar-refractivity contribution in [1.82, 2.24) is 15.0 Å². The van der Waals surface area contributed by atoms with E-state index < -0.39 is 0 Å². The smallest absolute Gasteiger partial charge is 0.231 e. The third-order valence-corrected chi connectivity index (χ3v) is 3.44. The van der Waals surface area contributed by atoms with Gasteiger partial charge in [0.1, 0.15) is 11.3 Å². The summed E-state index contributed by atoms with van der Waals surface area (Å²) in [4.78, 5) is 12.9. The van der Waals surface area contributed by atoms with Crippen molar-refractivity contribution in [2.75, 3.05) is 5.73 Å². The first kappa shape index (κ1) is 12.5. The molecule has 3 heterocycles. The van der Waals surface area contributed by atoms with E-state index >= 15 is 0 Å². The number of anilines is 1. The third-order valence-electron chi connectivity index (χ3n) is 3.44. The number of para-hydroxylation sites is 2. The fourth-order valence-corrected chi connectivity index (χ4v) is 2.33. The maximum Gasteiger partial charge on any atom is 0.231 e. The van der Waals surface area contributed by atoms with Gasteiger partial charge in [-0.3, -0.25) is 4.98 Å². The first-order valence-corrected chi connectivity index (χ1v) is 6.83. The van der Waals surface area contributed by atoms with Crippen LogP contribution in [0.4, 0.5) is 5.82 Å². The molecule has 0 amide bonds. The zero-order chi connectivity index (χ0) is 14.9. The van der Waals surface area contributed by atoms with Crippen LogP contribution in [-0.4, -0.2) is 15.0 Å². The van der Waals surface area contributed by atoms with Crippen LogP contribution in [0.25, 0.3) is 33.7 Å². The van der Waals surface area contributed by atoms with Crippen molar-refractivity contribution >= 4 is 16.9 Å². The molecule has 5 nitrogen and oxygen atoms in total. The Bertz CT molecular complexity index is 914. The second-order valence-electron chi connectivity index (χ2n) is 4.89. The molecule has 22 heavy (non-hydrogen) atoms. The quantitative estimate of drug-likeness (QED) is 0.610. The molecule has 0 aliphatic carbocycles. The van der Waals surface area contributed by atoms with Crippen LogP contribution in [0.2, 0.25) is 0 Å². The van der Waals surface area contributed by atoms with Gasteiger partial charge in [0, 0.05) is 29.7 Å². The largest absolute Gasteiger partial charge is 0.436 e. The van der Waals surface area contributed by atoms with Crippen LogP contribution in [0.5, 0.6) is 0 Å². The summed E-state index contributed by atoms with van der Waals surface area (Å²) >= 11 is 0. The number of nitrogens with two attached hydrogens (primary N) is 1. The van der Waals surface area contributed by atoms with Crippen molar-refractivity contribution in [3.8, 4) is 22.6 Å². The molecular formula is C17H12N4O. The van der Waals surface area contributed by atoms with Crippen LogP contribution in [0.3, 0.4) is 0 Å². The van der Waals surface area contributed by atoms with Gasteiger partial charge < -0.3 is 10.2 Å². The van der Waals surface area contributed by atoms with Crippen LogP contribution in [0, 0.1) is 0 Å². The van der Waals surface area contributed by atoms with Crippen LogP contribution in [0.1, 0.15) is 0 Å². The number of rotatable bonds is 2. The molecule has 0 bridgehead atoms. The van der Waals surface area contributed by atoms with Crippen molar-refractivity contribution < 1.29 is 4.42 Å². The van der Waals surface area contributed by atoms with Gasteiger partial charge in [-0.2, -0.15) is 0 Å². The fourth-order valence-electron chi connectivity index (χ4n) is 2.33. The van der Waals surface area contributed by atoms with E-state index in [1.165, 1.54) is 0 Å². The number of fused-ring (bicyclic) bond motifs is 1. The Morgan fingerprint density at radius 1 is 0.955 bits per heavy atom. The Kier molecular flexibility index (Phi) is 2.83. The molecule has 0 saturated carbocycles. The maximum atomic E-state index is 5.99. The molecule has 2 N–H and O–H groups in total. The molecule has 0 aliphatic heterocycles. The molecule has 0 atom stereocenters. The van der Waals surface area contributed by atoms with Crippen molar-refractivity contribution in [3.05, 3.63) is 61.1 Å². The number of oxazole rings is 1. The highest BCUT2D eigenvalue weighted by molar-refractivity contribution is 5.80. The number of pyridine rings is 2. The highest BCUT2D eigenvalue weighted by Gasteiger charge is 2.13. The fraction of sp³-hybridized carbons (Fsp3) is 0. The molecule has 1 aromatic carbocycles. The average Bonchev–Trinajstić information content (AvgIpc) is 3.00. The summed E-state index contributed by atoms with van der Waals surface area (Å²) in [6.07, 6.45) is 5.23. The molecule has 106 valence electrons. The van der Waals surface area contributed by atoms with Gasteiger partial charge in [-0.05, 0) is 24.3 Å². The van der Waals surface area contributed by atoms with E-state index in [0.717, 1.165) is 22.2 Å². The second kappa shape index (κ2) is 4.96. The van der Waals surface area contributed by atoms with E-state index in [2.05, 4.69) is 15.0 Å². The Labute approximate surface area is 126 Å². The van der Waals surface area contributed by atoms with Gasteiger partial charge in [0.2, 0.25) is 5.89 Å². The summed E-state index contributed by atoms with van der Waals surface area (Å²) in [5, 5.41) is 0. The van der Waals surface area contributed by atoms with Gasteiger partial charge in [0.25, 0.3) is 0 Å². The highest BCUT2D eigenvalue weighted by Crippen LogP contribution is 2.30. The van der Waals surface area contributed by atoms with Gasteiger partial charge in [-0.25, -0.2) is 9.97 Å². The summed E-state index contributed by atoms with van der Waals surface area (Å²) in [7, 11) is 0. The number of nitrogen functional groups attached to an aromatic ring is 1. The van der Waals surface area contributed by atoms with Crippen LogP contribution >= 0.6 is 0 Å². The molecule has 0 radical (unpaired) electrons. The number of hydrogen-bond donors (Lipinski definition) is 1. The van der Waals surface area contributed by atoms with Crippen molar-refractivity contribution in [2.45, 2.75) is 0 Å². The Morgan fingerprint density at radius 2 is 1.86 bits per heavy atom. The summed E-state index contributed by atoms with van der Waals surface area (Å²) in [5.41, 5.74) is 10.1. The Hall–Kier alpha value is -3.21. The Balaban J connectivity index is 1.87. The minimum Gasteiger partial charge on any atom is -0.436 e. The lowest BCUT2D eigenvalue weighted by Crippen LogP contribution is -1.95. The first-order valence-electron chi connectivity index (χ1n) is 6.83. The minimum atomic E-state index is 0.388. The molecule has 0 unspecified atom stereocenters. The molecule has 3 aromatic heterocycles. The number of hydrogen-bond acceptors (Lipinski definition) is 5. The monoisotopic (exact) mass is 288 g/mol. The molecule has 4 aromatic rings. The summed E-state index contributed by atoms with van der Waals surface area (Å²) in [5.74, 6) is 0.858. The van der Waals surface area contributed by atoms with E-state index in [-0.39, 0.29) is 0 Å². The predicted molar refractivity (Wildman–Crippen MR) is 84.9 cm³/mol. The van der Waals surface area contributed by atoms with E-state index in [9.17, 15) is 0 Å². The molecule has 0 fully saturated rings. The van der Waals surface area contributed by atoms with Crippen molar-refractivity contribution in [2.24, 2.45) is 0 Å². The normalized spacial score (nSPS) is 10.9. The lowest BCUT2D eigenvalue weighted by atomic mass is 10.1. The summed E-state index contributed by atoms with van der Waals surface area (Å²) in [6, 6.07) is 13.4. The van der Waals surface area contributed by atoms with Crippen LogP contribution < -0.4 is 5.73 Å².